The quantitative estimate of drug-likeness (QED) is 0.191. The largest absolute Gasteiger partial charge is 0.456 e. The fourth-order valence-electron chi connectivity index (χ4n) is 8.20. The molecule has 0 radical (unpaired) electrons. The Morgan fingerprint density at radius 3 is 2.12 bits per heavy atom. The lowest BCUT2D eigenvalue weighted by molar-refractivity contribution is -0.714. The maximum atomic E-state index is 6.72. The van der Waals surface area contributed by atoms with Crippen molar-refractivity contribution in [3.05, 3.63) is 138 Å². The van der Waals surface area contributed by atoms with Gasteiger partial charge in [0.25, 0.3) is 5.65 Å². The molecule has 1 spiro atoms. The molecule has 3 aliphatic heterocycles. The molecule has 3 aliphatic rings. The number of hydrogen-bond acceptors (Lipinski definition) is 1. The Hall–Kier alpha value is -5.35. The molecular weight excluding hydrogens is 490 g/mol. The minimum atomic E-state index is -0.593. The summed E-state index contributed by atoms with van der Waals surface area (Å²) in [6.45, 7) is 0. The van der Waals surface area contributed by atoms with Crippen LogP contribution in [0, 0.1) is 0 Å². The standard InChI is InChI=1S/C36H20N3O/c1-4-13-26-21(9-1)23-18-19-29-33-34(23)38(26)28-15-7-17-31-32(28)36(33,25-12-3-6-16-30(25)40-31)37-20-8-11-24-22-10-2-5-14-27(22)39(29)35(24)37/h1-20H/q+1. The van der Waals surface area contributed by atoms with Crippen molar-refractivity contribution in [1.82, 2.24) is 9.13 Å². The Kier molecular flexibility index (Phi) is 3.08. The zero-order valence-corrected chi connectivity index (χ0v) is 21.3. The van der Waals surface area contributed by atoms with E-state index < -0.39 is 5.54 Å². The van der Waals surface area contributed by atoms with Gasteiger partial charge in [-0.25, -0.2) is 4.57 Å². The number of para-hydroxylation sites is 3. The lowest BCUT2D eigenvalue weighted by Crippen LogP contribution is -2.63. The molecule has 0 amide bonds. The van der Waals surface area contributed by atoms with Crippen molar-refractivity contribution in [1.29, 1.82) is 0 Å². The predicted molar refractivity (Wildman–Crippen MR) is 157 cm³/mol. The van der Waals surface area contributed by atoms with Crippen molar-refractivity contribution >= 4 is 43.7 Å². The van der Waals surface area contributed by atoms with E-state index in [0.29, 0.717) is 0 Å². The van der Waals surface area contributed by atoms with E-state index in [4.69, 9.17) is 4.74 Å². The van der Waals surface area contributed by atoms with E-state index in [2.05, 4.69) is 135 Å². The van der Waals surface area contributed by atoms with Gasteiger partial charge < -0.3 is 9.30 Å². The minimum Gasteiger partial charge on any atom is -0.456 e. The molecule has 0 N–H and O–H groups in total. The van der Waals surface area contributed by atoms with Crippen LogP contribution in [0.4, 0.5) is 0 Å². The van der Waals surface area contributed by atoms with Crippen LogP contribution in [0.2, 0.25) is 0 Å². The van der Waals surface area contributed by atoms with Crippen LogP contribution in [0.3, 0.4) is 0 Å². The lowest BCUT2D eigenvalue weighted by atomic mass is 9.70. The summed E-state index contributed by atoms with van der Waals surface area (Å²) in [4.78, 5) is 0. The van der Waals surface area contributed by atoms with E-state index in [-0.39, 0.29) is 0 Å². The number of rotatable bonds is 0. The van der Waals surface area contributed by atoms with Gasteiger partial charge in [-0.2, -0.15) is 4.57 Å². The van der Waals surface area contributed by atoms with Gasteiger partial charge in [0.1, 0.15) is 22.7 Å². The maximum Gasteiger partial charge on any atom is 0.296 e. The molecule has 40 heavy (non-hydrogen) atoms. The zero-order valence-electron chi connectivity index (χ0n) is 21.3. The summed E-state index contributed by atoms with van der Waals surface area (Å²) in [5.74, 6) is 1.82. The van der Waals surface area contributed by atoms with Crippen LogP contribution < -0.4 is 9.30 Å². The predicted octanol–water partition coefficient (Wildman–Crippen LogP) is 7.74. The third kappa shape index (κ3) is 1.86. The Balaban J connectivity index is 1.54. The lowest BCUT2D eigenvalue weighted by Gasteiger charge is -2.44. The van der Waals surface area contributed by atoms with E-state index in [1.165, 1.54) is 71.8 Å². The zero-order chi connectivity index (χ0) is 25.7. The number of nitrogens with zero attached hydrogens (tertiary/aromatic N) is 3. The Morgan fingerprint density at radius 2 is 1.23 bits per heavy atom. The van der Waals surface area contributed by atoms with E-state index in [0.717, 1.165) is 11.5 Å². The number of fused-ring (bicyclic) bond motifs is 9. The van der Waals surface area contributed by atoms with Crippen molar-refractivity contribution in [3.8, 4) is 22.9 Å². The monoisotopic (exact) mass is 510 g/mol. The Labute approximate surface area is 228 Å². The van der Waals surface area contributed by atoms with Gasteiger partial charge in [0, 0.05) is 16.2 Å². The molecule has 0 fully saturated rings. The minimum absolute atomic E-state index is 0.593. The molecule has 1 atom stereocenters. The first-order chi connectivity index (χ1) is 19.9. The summed E-state index contributed by atoms with van der Waals surface area (Å²) >= 11 is 0. The fraction of sp³-hybridized carbons (Fsp3) is 0.0278. The van der Waals surface area contributed by atoms with E-state index in [1.807, 2.05) is 0 Å². The molecule has 4 heteroatoms. The number of benzene rings is 5. The molecule has 0 saturated heterocycles. The van der Waals surface area contributed by atoms with Crippen molar-refractivity contribution < 1.29 is 9.30 Å². The fourth-order valence-corrected chi connectivity index (χ4v) is 8.20. The van der Waals surface area contributed by atoms with Gasteiger partial charge in [-0.3, -0.25) is 0 Å². The highest BCUT2D eigenvalue weighted by Crippen LogP contribution is 2.60. The molecule has 6 heterocycles. The molecule has 11 rings (SSSR count). The van der Waals surface area contributed by atoms with Crippen LogP contribution in [0.5, 0.6) is 11.5 Å². The summed E-state index contributed by atoms with van der Waals surface area (Å²) in [5, 5.41) is 5.07. The van der Waals surface area contributed by atoms with E-state index >= 15 is 0 Å². The average molecular weight is 511 g/mol. The van der Waals surface area contributed by atoms with Gasteiger partial charge in [-0.05, 0) is 66.7 Å². The second-order valence-electron chi connectivity index (χ2n) is 11.1. The topological polar surface area (TPSA) is 23.0 Å². The van der Waals surface area contributed by atoms with Crippen LogP contribution in [-0.2, 0) is 5.54 Å². The van der Waals surface area contributed by atoms with Gasteiger partial charge in [-0.1, -0.05) is 48.5 Å². The number of pyridine rings is 1. The molecule has 1 unspecified atom stereocenters. The highest BCUT2D eigenvalue weighted by atomic mass is 16.5. The SMILES string of the molecule is c1ccc2c(c1)Oc1cccc3c1C21c2c(ccc4c5ccccc5n-3c24)-n2c3ccccc3c3ccc[n+]1c32. The molecule has 3 aromatic heterocycles. The molecule has 0 bridgehead atoms. The first-order valence-corrected chi connectivity index (χ1v) is 13.8. The van der Waals surface area contributed by atoms with Gasteiger partial charge >= 0.3 is 0 Å². The van der Waals surface area contributed by atoms with Crippen LogP contribution in [0.15, 0.2) is 121 Å². The molecule has 4 nitrogen and oxygen atoms in total. The van der Waals surface area contributed by atoms with Gasteiger partial charge in [-0.15, -0.1) is 0 Å². The van der Waals surface area contributed by atoms with Crippen molar-refractivity contribution in [2.75, 3.05) is 0 Å². The smallest absolute Gasteiger partial charge is 0.296 e. The molecule has 184 valence electrons. The Bertz CT molecular complexity index is 2480. The van der Waals surface area contributed by atoms with Crippen molar-refractivity contribution in [3.63, 3.8) is 0 Å². The highest BCUT2D eigenvalue weighted by Gasteiger charge is 2.59. The number of aromatic nitrogens is 3. The van der Waals surface area contributed by atoms with Crippen molar-refractivity contribution in [2.45, 2.75) is 5.54 Å². The highest BCUT2D eigenvalue weighted by molar-refractivity contribution is 6.14. The van der Waals surface area contributed by atoms with Crippen LogP contribution in [0.1, 0.15) is 16.7 Å². The third-order valence-corrected chi connectivity index (χ3v) is 9.50. The molecule has 0 aliphatic carbocycles. The molecule has 8 aromatic rings. The number of hydrogen-bond donors (Lipinski definition) is 0. The molecule has 5 aromatic carbocycles. The second kappa shape index (κ2) is 6.27. The molecular formula is C36H20N3O+. The molecule has 0 saturated carbocycles. The van der Waals surface area contributed by atoms with Gasteiger partial charge in [0.2, 0.25) is 5.54 Å². The van der Waals surface area contributed by atoms with Gasteiger partial charge in [0.15, 0.2) is 0 Å². The second-order valence-corrected chi connectivity index (χ2v) is 11.1. The van der Waals surface area contributed by atoms with Crippen LogP contribution in [0.25, 0.3) is 55.1 Å². The third-order valence-electron chi connectivity index (χ3n) is 9.50. The first kappa shape index (κ1) is 19.7. The Morgan fingerprint density at radius 1 is 0.525 bits per heavy atom. The van der Waals surface area contributed by atoms with Crippen molar-refractivity contribution in [2.24, 2.45) is 0 Å². The normalized spacial score (nSPS) is 17.3. The van der Waals surface area contributed by atoms with E-state index in [1.54, 1.807) is 0 Å². The average Bonchev–Trinajstić information content (AvgIpc) is 3.53. The summed E-state index contributed by atoms with van der Waals surface area (Å²) in [6.07, 6.45) is 2.28. The van der Waals surface area contributed by atoms with Gasteiger partial charge in [0.05, 0.1) is 45.0 Å². The van der Waals surface area contributed by atoms with E-state index in [9.17, 15) is 0 Å². The summed E-state index contributed by atoms with van der Waals surface area (Å²) in [5.41, 5.74) is 10.4. The maximum absolute atomic E-state index is 6.72. The van der Waals surface area contributed by atoms with Crippen LogP contribution in [-0.4, -0.2) is 9.13 Å². The first-order valence-electron chi connectivity index (χ1n) is 13.8. The van der Waals surface area contributed by atoms with Crippen LogP contribution >= 0.6 is 0 Å². The summed E-state index contributed by atoms with van der Waals surface area (Å²) < 4.78 is 14.2. The summed E-state index contributed by atoms with van der Waals surface area (Å²) in [6, 6.07) is 41.9. The summed E-state index contributed by atoms with van der Waals surface area (Å²) in [7, 11) is 0. The number of ether oxygens (including phenoxy) is 1.